The van der Waals surface area contributed by atoms with Crippen LogP contribution < -0.4 is 0 Å². The Bertz CT molecular complexity index is 591. The Hall–Kier alpha value is -1.18. The van der Waals surface area contributed by atoms with Crippen LogP contribution in [0.3, 0.4) is 0 Å². The van der Waals surface area contributed by atoms with Crippen LogP contribution in [0.4, 0.5) is 0 Å². The fourth-order valence-electron chi connectivity index (χ4n) is 2.09. The number of benzene rings is 2. The molecule has 1 nitrogen and oxygen atoms in total. The van der Waals surface area contributed by atoms with Crippen molar-refractivity contribution in [3.05, 3.63) is 52.0 Å². The van der Waals surface area contributed by atoms with E-state index in [2.05, 4.69) is 26.0 Å². The van der Waals surface area contributed by atoms with Gasteiger partial charge in [0.1, 0.15) is 5.75 Å². The molecular formula is C16H16Cl2O. The van der Waals surface area contributed by atoms with Gasteiger partial charge >= 0.3 is 0 Å². The summed E-state index contributed by atoms with van der Waals surface area (Å²) >= 11 is 12.1. The monoisotopic (exact) mass is 294 g/mol. The molecule has 19 heavy (non-hydrogen) atoms. The first-order chi connectivity index (χ1) is 8.97. The standard InChI is InChI=1S/C16H16Cl2O/c1-10(2)6-11-4-3-5-12(7-11)13-8-15(18)16(19)9-14(13)17/h3-5,7-10,19H,6H2,1-2H3. The van der Waals surface area contributed by atoms with Gasteiger partial charge in [0.15, 0.2) is 0 Å². The largest absolute Gasteiger partial charge is 0.506 e. The molecule has 0 heterocycles. The Kier molecular flexibility index (Phi) is 4.38. The molecule has 0 saturated carbocycles. The lowest BCUT2D eigenvalue weighted by molar-refractivity contribution is 0.475. The number of hydrogen-bond acceptors (Lipinski definition) is 1. The molecule has 0 bridgehead atoms. The minimum atomic E-state index is 0.00810. The van der Waals surface area contributed by atoms with E-state index in [0.717, 1.165) is 17.5 Å². The smallest absolute Gasteiger partial charge is 0.135 e. The number of halogens is 2. The van der Waals surface area contributed by atoms with Gasteiger partial charge in [-0.05, 0) is 29.5 Å². The molecular weight excluding hydrogens is 279 g/mol. The van der Waals surface area contributed by atoms with E-state index in [1.165, 1.54) is 11.6 Å². The lowest BCUT2D eigenvalue weighted by Crippen LogP contribution is -1.94. The highest BCUT2D eigenvalue weighted by atomic mass is 35.5. The molecule has 0 fully saturated rings. The third-order valence-corrected chi connectivity index (χ3v) is 3.53. The first kappa shape index (κ1) is 14.2. The van der Waals surface area contributed by atoms with Crippen LogP contribution in [0.2, 0.25) is 10.0 Å². The second-order valence-electron chi connectivity index (χ2n) is 5.08. The van der Waals surface area contributed by atoms with Crippen LogP contribution in [-0.4, -0.2) is 5.11 Å². The molecule has 2 aromatic carbocycles. The second-order valence-corrected chi connectivity index (χ2v) is 5.90. The maximum atomic E-state index is 9.53. The van der Waals surface area contributed by atoms with E-state index >= 15 is 0 Å². The van der Waals surface area contributed by atoms with Crippen LogP contribution in [0.25, 0.3) is 11.1 Å². The number of rotatable bonds is 3. The first-order valence-electron chi connectivity index (χ1n) is 6.24. The van der Waals surface area contributed by atoms with E-state index in [-0.39, 0.29) is 5.75 Å². The number of aromatic hydroxyl groups is 1. The van der Waals surface area contributed by atoms with Gasteiger partial charge in [0.25, 0.3) is 0 Å². The molecule has 3 heteroatoms. The van der Waals surface area contributed by atoms with E-state index in [9.17, 15) is 5.11 Å². The van der Waals surface area contributed by atoms with Crippen molar-refractivity contribution in [2.75, 3.05) is 0 Å². The minimum absolute atomic E-state index is 0.00810. The van der Waals surface area contributed by atoms with Gasteiger partial charge in [0.05, 0.1) is 10.0 Å². The fourth-order valence-corrected chi connectivity index (χ4v) is 2.53. The zero-order chi connectivity index (χ0) is 14.0. The van der Waals surface area contributed by atoms with Gasteiger partial charge in [0.2, 0.25) is 0 Å². The van der Waals surface area contributed by atoms with Crippen molar-refractivity contribution < 1.29 is 5.11 Å². The van der Waals surface area contributed by atoms with Crippen molar-refractivity contribution >= 4 is 23.2 Å². The molecule has 0 aliphatic heterocycles. The zero-order valence-electron chi connectivity index (χ0n) is 11.0. The summed E-state index contributed by atoms with van der Waals surface area (Å²) in [6.45, 7) is 4.38. The molecule has 0 atom stereocenters. The van der Waals surface area contributed by atoms with Crippen molar-refractivity contribution in [2.45, 2.75) is 20.3 Å². The summed E-state index contributed by atoms with van der Waals surface area (Å²) in [7, 11) is 0. The van der Waals surface area contributed by atoms with Gasteiger partial charge in [-0.1, -0.05) is 61.3 Å². The minimum Gasteiger partial charge on any atom is -0.506 e. The lowest BCUT2D eigenvalue weighted by Gasteiger charge is -2.10. The van der Waals surface area contributed by atoms with Crippen LogP contribution in [0.1, 0.15) is 19.4 Å². The van der Waals surface area contributed by atoms with E-state index in [0.29, 0.717) is 16.0 Å². The quantitative estimate of drug-likeness (QED) is 0.785. The van der Waals surface area contributed by atoms with Crippen molar-refractivity contribution in [3.8, 4) is 16.9 Å². The molecule has 2 rings (SSSR count). The fraction of sp³-hybridized carbons (Fsp3) is 0.250. The maximum absolute atomic E-state index is 9.53. The molecule has 0 radical (unpaired) electrons. The highest BCUT2D eigenvalue weighted by molar-refractivity contribution is 6.36. The van der Waals surface area contributed by atoms with Gasteiger partial charge in [-0.15, -0.1) is 0 Å². The highest BCUT2D eigenvalue weighted by Gasteiger charge is 2.09. The van der Waals surface area contributed by atoms with Crippen molar-refractivity contribution in [1.29, 1.82) is 0 Å². The third kappa shape index (κ3) is 3.43. The molecule has 2 aromatic rings. The Balaban J connectivity index is 2.44. The highest BCUT2D eigenvalue weighted by Crippen LogP contribution is 2.36. The van der Waals surface area contributed by atoms with E-state index < -0.39 is 0 Å². The molecule has 100 valence electrons. The number of phenolic OH excluding ortho intramolecular Hbond substituents is 1. The second kappa shape index (κ2) is 5.85. The van der Waals surface area contributed by atoms with Crippen LogP contribution >= 0.6 is 23.2 Å². The van der Waals surface area contributed by atoms with E-state index in [1.807, 2.05) is 12.1 Å². The normalized spacial score (nSPS) is 11.0. The average Bonchev–Trinajstić information content (AvgIpc) is 2.33. The van der Waals surface area contributed by atoms with Gasteiger partial charge in [-0.3, -0.25) is 0 Å². The van der Waals surface area contributed by atoms with Gasteiger partial charge in [-0.2, -0.15) is 0 Å². The SMILES string of the molecule is CC(C)Cc1cccc(-c2cc(Cl)c(O)cc2Cl)c1. The van der Waals surface area contributed by atoms with Crippen molar-refractivity contribution in [2.24, 2.45) is 5.92 Å². The Labute approximate surface area is 123 Å². The molecule has 0 unspecified atom stereocenters. The van der Waals surface area contributed by atoms with Crippen LogP contribution in [-0.2, 0) is 6.42 Å². The lowest BCUT2D eigenvalue weighted by atomic mass is 9.98. The summed E-state index contributed by atoms with van der Waals surface area (Å²) in [5.41, 5.74) is 3.13. The van der Waals surface area contributed by atoms with Crippen LogP contribution in [0.15, 0.2) is 36.4 Å². The first-order valence-corrected chi connectivity index (χ1v) is 7.00. The van der Waals surface area contributed by atoms with Crippen LogP contribution in [0, 0.1) is 5.92 Å². The molecule has 1 N–H and O–H groups in total. The van der Waals surface area contributed by atoms with Crippen LogP contribution in [0.5, 0.6) is 5.75 Å². The maximum Gasteiger partial charge on any atom is 0.135 e. The Morgan fingerprint density at radius 2 is 1.79 bits per heavy atom. The zero-order valence-corrected chi connectivity index (χ0v) is 12.5. The Morgan fingerprint density at radius 3 is 2.47 bits per heavy atom. The van der Waals surface area contributed by atoms with Gasteiger partial charge in [0, 0.05) is 11.6 Å². The summed E-state index contributed by atoms with van der Waals surface area (Å²) in [4.78, 5) is 0. The topological polar surface area (TPSA) is 20.2 Å². The summed E-state index contributed by atoms with van der Waals surface area (Å²) in [5, 5.41) is 10.3. The average molecular weight is 295 g/mol. The summed E-state index contributed by atoms with van der Waals surface area (Å²) < 4.78 is 0. The molecule has 0 aliphatic carbocycles. The molecule has 0 amide bonds. The molecule has 0 aromatic heterocycles. The van der Waals surface area contributed by atoms with E-state index in [4.69, 9.17) is 23.2 Å². The molecule has 0 aliphatic rings. The summed E-state index contributed by atoms with van der Waals surface area (Å²) in [6, 6.07) is 11.4. The van der Waals surface area contributed by atoms with Gasteiger partial charge in [-0.25, -0.2) is 0 Å². The third-order valence-electron chi connectivity index (χ3n) is 2.92. The predicted octanol–water partition coefficient (Wildman–Crippen LogP) is 5.56. The van der Waals surface area contributed by atoms with E-state index in [1.54, 1.807) is 6.07 Å². The Morgan fingerprint density at radius 1 is 1.05 bits per heavy atom. The molecule has 0 saturated heterocycles. The van der Waals surface area contributed by atoms with Crippen molar-refractivity contribution in [3.63, 3.8) is 0 Å². The number of phenols is 1. The summed E-state index contributed by atoms with van der Waals surface area (Å²) in [6.07, 6.45) is 1.03. The summed E-state index contributed by atoms with van der Waals surface area (Å²) in [5.74, 6) is 0.614. The molecule has 0 spiro atoms. The van der Waals surface area contributed by atoms with Gasteiger partial charge < -0.3 is 5.11 Å². The van der Waals surface area contributed by atoms with Crippen molar-refractivity contribution in [1.82, 2.24) is 0 Å². The predicted molar refractivity (Wildman–Crippen MR) is 82.1 cm³/mol. The number of hydrogen-bond donors (Lipinski definition) is 1.